The maximum Gasteiger partial charge on any atom is 0.337 e. The number of hydrogen-bond donors (Lipinski definition) is 2. The van der Waals surface area contributed by atoms with Gasteiger partial charge in [0.2, 0.25) is 0 Å². The van der Waals surface area contributed by atoms with E-state index >= 15 is 0 Å². The molecule has 2 rings (SSSR count). The summed E-state index contributed by atoms with van der Waals surface area (Å²) in [6, 6.07) is 12.1. The second-order valence-electron chi connectivity index (χ2n) is 4.83. The average molecular weight is 378 g/mol. The molecule has 0 saturated carbocycles. The summed E-state index contributed by atoms with van der Waals surface area (Å²) >= 11 is 3.20. The Balaban J connectivity index is 1.98. The third-order valence-corrected chi connectivity index (χ3v) is 3.68. The summed E-state index contributed by atoms with van der Waals surface area (Å²) in [5.41, 5.74) is 1.43. The first-order chi connectivity index (χ1) is 11.0. The number of ether oxygens (including phenoxy) is 1. The first-order valence-electron chi connectivity index (χ1n) is 7.04. The van der Waals surface area contributed by atoms with Gasteiger partial charge in [0.25, 0.3) is 5.91 Å². The van der Waals surface area contributed by atoms with Crippen LogP contribution in [0.5, 0.6) is 5.75 Å². The molecule has 5 nitrogen and oxygen atoms in total. The molecule has 0 bridgehead atoms. The van der Waals surface area contributed by atoms with E-state index in [1.165, 1.54) is 17.7 Å². The van der Waals surface area contributed by atoms with Gasteiger partial charge in [-0.05, 0) is 42.3 Å². The molecule has 23 heavy (non-hydrogen) atoms. The van der Waals surface area contributed by atoms with Gasteiger partial charge in [0.05, 0.1) is 11.3 Å². The van der Waals surface area contributed by atoms with Crippen molar-refractivity contribution in [3.8, 4) is 5.75 Å². The maximum absolute atomic E-state index is 11.9. The first kappa shape index (κ1) is 17.0. The lowest BCUT2D eigenvalue weighted by Crippen LogP contribution is -2.21. The number of carbonyl (C=O) groups is 2. The van der Waals surface area contributed by atoms with Crippen LogP contribution in [0.15, 0.2) is 46.9 Å². The van der Waals surface area contributed by atoms with Gasteiger partial charge in [-0.1, -0.05) is 35.0 Å². The van der Waals surface area contributed by atoms with Gasteiger partial charge in [-0.15, -0.1) is 0 Å². The number of aryl methyl sites for hydroxylation is 1. The highest BCUT2D eigenvalue weighted by Gasteiger charge is 2.13. The molecule has 120 valence electrons. The quantitative estimate of drug-likeness (QED) is 0.803. The van der Waals surface area contributed by atoms with Crippen molar-refractivity contribution >= 4 is 33.5 Å². The Morgan fingerprint density at radius 3 is 2.48 bits per heavy atom. The SMILES string of the molecule is CCc1ccc(OCC(=O)Nc2ccc(Br)cc2C(=O)O)cc1. The summed E-state index contributed by atoms with van der Waals surface area (Å²) in [5, 5.41) is 11.7. The van der Waals surface area contributed by atoms with E-state index in [1.807, 2.05) is 12.1 Å². The number of nitrogens with one attached hydrogen (secondary N) is 1. The summed E-state index contributed by atoms with van der Waals surface area (Å²) in [4.78, 5) is 23.1. The highest BCUT2D eigenvalue weighted by Crippen LogP contribution is 2.21. The van der Waals surface area contributed by atoms with E-state index in [0.717, 1.165) is 6.42 Å². The molecule has 0 atom stereocenters. The van der Waals surface area contributed by atoms with E-state index in [-0.39, 0.29) is 17.9 Å². The summed E-state index contributed by atoms with van der Waals surface area (Å²) < 4.78 is 6.02. The van der Waals surface area contributed by atoms with Crippen LogP contribution in [0.4, 0.5) is 5.69 Å². The minimum Gasteiger partial charge on any atom is -0.484 e. The lowest BCUT2D eigenvalue weighted by Gasteiger charge is -2.10. The first-order valence-corrected chi connectivity index (χ1v) is 7.83. The summed E-state index contributed by atoms with van der Waals surface area (Å²) in [6.07, 6.45) is 0.933. The highest BCUT2D eigenvalue weighted by molar-refractivity contribution is 9.10. The third kappa shape index (κ3) is 4.82. The van der Waals surface area contributed by atoms with Gasteiger partial charge in [-0.25, -0.2) is 4.79 Å². The largest absolute Gasteiger partial charge is 0.484 e. The van der Waals surface area contributed by atoms with E-state index in [9.17, 15) is 9.59 Å². The van der Waals surface area contributed by atoms with E-state index in [1.54, 1.807) is 18.2 Å². The molecular formula is C17H16BrNO4. The number of anilines is 1. The van der Waals surface area contributed by atoms with Crippen LogP contribution >= 0.6 is 15.9 Å². The Morgan fingerprint density at radius 2 is 1.87 bits per heavy atom. The van der Waals surface area contributed by atoms with Crippen molar-refractivity contribution in [3.05, 3.63) is 58.1 Å². The van der Waals surface area contributed by atoms with Gasteiger partial charge in [0.1, 0.15) is 5.75 Å². The van der Waals surface area contributed by atoms with Gasteiger partial charge in [0.15, 0.2) is 6.61 Å². The molecule has 0 aliphatic rings. The number of carbonyl (C=O) groups excluding carboxylic acids is 1. The molecule has 2 N–H and O–H groups in total. The highest BCUT2D eigenvalue weighted by atomic mass is 79.9. The normalized spacial score (nSPS) is 10.2. The number of halogens is 1. The molecule has 0 heterocycles. The smallest absolute Gasteiger partial charge is 0.337 e. The fourth-order valence-electron chi connectivity index (χ4n) is 1.96. The van der Waals surface area contributed by atoms with Crippen LogP contribution in [0, 0.1) is 0 Å². The number of carboxylic acid groups (broad SMARTS) is 1. The fourth-order valence-corrected chi connectivity index (χ4v) is 2.32. The molecule has 0 fully saturated rings. The van der Waals surface area contributed by atoms with Crippen LogP contribution in [-0.4, -0.2) is 23.6 Å². The van der Waals surface area contributed by atoms with Gasteiger partial charge >= 0.3 is 5.97 Å². The zero-order valence-electron chi connectivity index (χ0n) is 12.5. The van der Waals surface area contributed by atoms with Crippen LogP contribution in [0.25, 0.3) is 0 Å². The average Bonchev–Trinajstić information content (AvgIpc) is 2.55. The minimum atomic E-state index is -1.11. The molecule has 0 spiro atoms. The van der Waals surface area contributed by atoms with Crippen LogP contribution in [-0.2, 0) is 11.2 Å². The lowest BCUT2D eigenvalue weighted by atomic mass is 10.2. The van der Waals surface area contributed by atoms with Crippen molar-refractivity contribution in [3.63, 3.8) is 0 Å². The van der Waals surface area contributed by atoms with Gasteiger partial charge in [-0.2, -0.15) is 0 Å². The predicted molar refractivity (Wildman–Crippen MR) is 91.0 cm³/mol. The van der Waals surface area contributed by atoms with Gasteiger partial charge in [0, 0.05) is 4.47 Å². The Hall–Kier alpha value is -2.34. The second kappa shape index (κ2) is 7.78. The zero-order chi connectivity index (χ0) is 16.8. The number of carboxylic acids is 1. The number of hydrogen-bond acceptors (Lipinski definition) is 3. The third-order valence-electron chi connectivity index (χ3n) is 3.19. The summed E-state index contributed by atoms with van der Waals surface area (Å²) in [5.74, 6) is -0.946. The standard InChI is InChI=1S/C17H16BrNO4/c1-2-11-3-6-13(7-4-11)23-10-16(20)19-15-8-5-12(18)9-14(15)17(21)22/h3-9H,2,10H2,1H3,(H,19,20)(H,21,22). The van der Waals surface area contributed by atoms with Crippen molar-refractivity contribution in [2.24, 2.45) is 0 Å². The molecule has 0 aliphatic carbocycles. The molecule has 2 aromatic rings. The van der Waals surface area contributed by atoms with Crippen LogP contribution in [0.2, 0.25) is 0 Å². The Labute approximate surface area is 142 Å². The van der Waals surface area contributed by atoms with Crippen molar-refractivity contribution in [1.29, 1.82) is 0 Å². The Kier molecular flexibility index (Phi) is 5.76. The topological polar surface area (TPSA) is 75.6 Å². The number of benzene rings is 2. The van der Waals surface area contributed by atoms with Crippen molar-refractivity contribution in [2.45, 2.75) is 13.3 Å². The summed E-state index contributed by atoms with van der Waals surface area (Å²) in [7, 11) is 0. The Morgan fingerprint density at radius 1 is 1.17 bits per heavy atom. The van der Waals surface area contributed by atoms with Crippen molar-refractivity contribution in [1.82, 2.24) is 0 Å². The van der Waals surface area contributed by atoms with Gasteiger partial charge < -0.3 is 15.2 Å². The predicted octanol–water partition coefficient (Wildman–Crippen LogP) is 3.73. The van der Waals surface area contributed by atoms with Gasteiger partial charge in [-0.3, -0.25) is 4.79 Å². The van der Waals surface area contributed by atoms with Crippen LogP contribution < -0.4 is 10.1 Å². The summed E-state index contributed by atoms with van der Waals surface area (Å²) in [6.45, 7) is 1.86. The second-order valence-corrected chi connectivity index (χ2v) is 5.75. The monoisotopic (exact) mass is 377 g/mol. The number of amides is 1. The molecular weight excluding hydrogens is 362 g/mol. The molecule has 0 unspecified atom stereocenters. The van der Waals surface area contributed by atoms with E-state index in [0.29, 0.717) is 10.2 Å². The lowest BCUT2D eigenvalue weighted by molar-refractivity contribution is -0.118. The fraction of sp³-hybridized carbons (Fsp3) is 0.176. The Bertz CT molecular complexity index is 713. The molecule has 0 radical (unpaired) electrons. The van der Waals surface area contributed by atoms with Crippen molar-refractivity contribution in [2.75, 3.05) is 11.9 Å². The van der Waals surface area contributed by atoms with Crippen LogP contribution in [0.1, 0.15) is 22.8 Å². The molecule has 0 saturated heterocycles. The minimum absolute atomic E-state index is 0.0139. The van der Waals surface area contributed by atoms with Crippen LogP contribution in [0.3, 0.4) is 0 Å². The number of rotatable bonds is 6. The molecule has 0 aromatic heterocycles. The maximum atomic E-state index is 11.9. The molecule has 0 aliphatic heterocycles. The molecule has 6 heteroatoms. The van der Waals surface area contributed by atoms with E-state index < -0.39 is 11.9 Å². The van der Waals surface area contributed by atoms with E-state index in [2.05, 4.69) is 28.2 Å². The molecule has 1 amide bonds. The molecule has 2 aromatic carbocycles. The van der Waals surface area contributed by atoms with E-state index in [4.69, 9.17) is 9.84 Å². The number of aromatic carboxylic acids is 1. The zero-order valence-corrected chi connectivity index (χ0v) is 14.1. The van der Waals surface area contributed by atoms with Crippen molar-refractivity contribution < 1.29 is 19.4 Å².